The number of allylic oxidation sites excluding steroid dienone is 3. The summed E-state index contributed by atoms with van der Waals surface area (Å²) in [5.74, 6) is 1.01. The molecule has 0 aromatic heterocycles. The van der Waals surface area contributed by atoms with Crippen LogP contribution in [0, 0.1) is 39.9 Å². The number of fused-ring (bicyclic) bond motifs is 7. The quantitative estimate of drug-likeness (QED) is 0.544. The molecule has 4 aliphatic carbocycles. The van der Waals surface area contributed by atoms with Crippen LogP contribution in [0.4, 0.5) is 0 Å². The predicted molar refractivity (Wildman–Crippen MR) is 130 cm³/mol. The van der Waals surface area contributed by atoms with Crippen molar-refractivity contribution in [1.29, 1.82) is 0 Å². The SMILES string of the molecule is CC(C(O)C1OC2CC3C4=CC=C5CC(O)CCC5(C)C4CCC3(C)C2C1(C)O)C(C)(C)C. The van der Waals surface area contributed by atoms with E-state index in [1.807, 2.05) is 6.92 Å². The number of aliphatic hydroxyl groups is 3. The largest absolute Gasteiger partial charge is 0.393 e. The lowest BCUT2D eigenvalue weighted by molar-refractivity contribution is -0.144. The van der Waals surface area contributed by atoms with E-state index in [-0.39, 0.29) is 40.3 Å². The van der Waals surface area contributed by atoms with Crippen molar-refractivity contribution in [3.8, 4) is 0 Å². The smallest absolute Gasteiger partial charge is 0.113 e. The van der Waals surface area contributed by atoms with Crippen molar-refractivity contribution >= 4 is 0 Å². The fourth-order valence-electron chi connectivity index (χ4n) is 8.86. The Labute approximate surface area is 200 Å². The van der Waals surface area contributed by atoms with Crippen LogP contribution in [0.5, 0.6) is 0 Å². The Morgan fingerprint density at radius 2 is 1.76 bits per heavy atom. The van der Waals surface area contributed by atoms with Gasteiger partial charge in [0.1, 0.15) is 6.10 Å². The third-order valence-corrected chi connectivity index (χ3v) is 11.3. The molecule has 1 heterocycles. The van der Waals surface area contributed by atoms with Crippen molar-refractivity contribution in [2.75, 3.05) is 0 Å². The van der Waals surface area contributed by atoms with E-state index in [1.165, 1.54) is 5.57 Å². The van der Waals surface area contributed by atoms with E-state index in [0.29, 0.717) is 11.8 Å². The molecule has 11 atom stereocenters. The highest BCUT2D eigenvalue weighted by Crippen LogP contribution is 2.69. The molecule has 0 spiro atoms. The van der Waals surface area contributed by atoms with Crippen molar-refractivity contribution < 1.29 is 20.1 Å². The lowest BCUT2D eigenvalue weighted by atomic mass is 9.49. The first-order valence-electron chi connectivity index (χ1n) is 13.4. The maximum absolute atomic E-state index is 11.9. The molecule has 11 unspecified atom stereocenters. The molecule has 1 aliphatic heterocycles. The Bertz CT molecular complexity index is 865. The van der Waals surface area contributed by atoms with Crippen LogP contribution in [0.25, 0.3) is 0 Å². The average Bonchev–Trinajstić information content (AvgIpc) is 3.17. The summed E-state index contributed by atoms with van der Waals surface area (Å²) < 4.78 is 6.59. The van der Waals surface area contributed by atoms with Gasteiger partial charge in [-0.2, -0.15) is 0 Å². The van der Waals surface area contributed by atoms with Crippen LogP contribution in [0.3, 0.4) is 0 Å². The van der Waals surface area contributed by atoms with Gasteiger partial charge in [-0.05, 0) is 79.4 Å². The minimum Gasteiger partial charge on any atom is -0.393 e. The monoisotopic (exact) mass is 458 g/mol. The first-order chi connectivity index (χ1) is 15.2. The normalized spacial score (nSPS) is 51.0. The zero-order valence-electron chi connectivity index (χ0n) is 21.8. The number of rotatable bonds is 2. The Morgan fingerprint density at radius 1 is 1.06 bits per heavy atom. The van der Waals surface area contributed by atoms with Crippen molar-refractivity contribution in [3.05, 3.63) is 23.3 Å². The number of hydrogen-bond acceptors (Lipinski definition) is 4. The molecule has 33 heavy (non-hydrogen) atoms. The van der Waals surface area contributed by atoms with E-state index in [2.05, 4.69) is 53.7 Å². The topological polar surface area (TPSA) is 69.9 Å². The highest BCUT2D eigenvalue weighted by molar-refractivity contribution is 5.40. The van der Waals surface area contributed by atoms with E-state index < -0.39 is 17.8 Å². The summed E-state index contributed by atoms with van der Waals surface area (Å²) in [4.78, 5) is 0. The van der Waals surface area contributed by atoms with Gasteiger partial charge in [-0.3, -0.25) is 0 Å². The van der Waals surface area contributed by atoms with Crippen LogP contribution < -0.4 is 0 Å². The first-order valence-corrected chi connectivity index (χ1v) is 13.4. The molecule has 3 N–H and O–H groups in total. The molecule has 0 bridgehead atoms. The number of aliphatic hydroxyl groups excluding tert-OH is 2. The van der Waals surface area contributed by atoms with Gasteiger partial charge < -0.3 is 20.1 Å². The Morgan fingerprint density at radius 3 is 2.42 bits per heavy atom. The fourth-order valence-corrected chi connectivity index (χ4v) is 8.86. The molecule has 4 heteroatoms. The van der Waals surface area contributed by atoms with Gasteiger partial charge in [-0.1, -0.05) is 64.8 Å². The first kappa shape index (κ1) is 24.0. The lowest BCUT2D eigenvalue weighted by Crippen LogP contribution is -2.55. The molecule has 0 aromatic rings. The molecule has 4 fully saturated rings. The minimum absolute atomic E-state index is 0.00664. The average molecular weight is 459 g/mol. The molecule has 4 nitrogen and oxygen atoms in total. The minimum atomic E-state index is -1.05. The molecule has 1 saturated heterocycles. The summed E-state index contributed by atoms with van der Waals surface area (Å²) in [6, 6.07) is 0. The highest BCUT2D eigenvalue weighted by atomic mass is 16.5. The van der Waals surface area contributed by atoms with E-state index in [9.17, 15) is 15.3 Å². The molecular formula is C29H46O4. The second kappa shape index (κ2) is 7.41. The summed E-state index contributed by atoms with van der Waals surface area (Å²) in [6.45, 7) is 15.2. The zero-order chi connectivity index (χ0) is 24.1. The van der Waals surface area contributed by atoms with E-state index in [0.717, 1.165) is 38.5 Å². The Hall–Kier alpha value is -0.680. The fraction of sp³-hybridized carbons (Fsp3) is 0.862. The Balaban J connectivity index is 1.45. The third-order valence-electron chi connectivity index (χ3n) is 11.3. The number of ether oxygens (including phenoxy) is 1. The van der Waals surface area contributed by atoms with Gasteiger partial charge in [0, 0.05) is 5.92 Å². The van der Waals surface area contributed by atoms with Gasteiger partial charge in [0.25, 0.3) is 0 Å². The van der Waals surface area contributed by atoms with Gasteiger partial charge in [-0.15, -0.1) is 0 Å². The molecule has 0 radical (unpaired) electrons. The highest BCUT2D eigenvalue weighted by Gasteiger charge is 2.69. The van der Waals surface area contributed by atoms with Crippen molar-refractivity contribution in [2.45, 2.75) is 117 Å². The lowest BCUT2D eigenvalue weighted by Gasteiger charge is -2.55. The number of hydrogen-bond donors (Lipinski definition) is 3. The summed E-state index contributed by atoms with van der Waals surface area (Å²) in [5, 5.41) is 33.5. The van der Waals surface area contributed by atoms with Crippen molar-refractivity contribution in [3.63, 3.8) is 0 Å². The van der Waals surface area contributed by atoms with Gasteiger partial charge in [0.05, 0.1) is 23.9 Å². The van der Waals surface area contributed by atoms with Gasteiger partial charge in [-0.25, -0.2) is 0 Å². The molecule has 3 saturated carbocycles. The van der Waals surface area contributed by atoms with E-state index in [4.69, 9.17) is 4.74 Å². The van der Waals surface area contributed by atoms with Gasteiger partial charge >= 0.3 is 0 Å². The van der Waals surface area contributed by atoms with E-state index >= 15 is 0 Å². The summed E-state index contributed by atoms with van der Waals surface area (Å²) in [5.41, 5.74) is 2.02. The summed E-state index contributed by atoms with van der Waals surface area (Å²) in [6.07, 6.45) is 9.18. The third kappa shape index (κ3) is 3.30. The van der Waals surface area contributed by atoms with Crippen LogP contribution in [-0.2, 0) is 4.74 Å². The summed E-state index contributed by atoms with van der Waals surface area (Å²) >= 11 is 0. The molecular weight excluding hydrogens is 412 g/mol. The standard InChI is InChI=1S/C29H46O4/c1-16(26(2,3)4)23(31)25-29(7,32)24-22(33-25)15-21-19-9-8-17-14-18(30)10-12-27(17,5)20(19)11-13-28(21,24)6/h8-9,16,18,20-25,30-32H,10-15H2,1-7H3. The molecule has 186 valence electrons. The van der Waals surface area contributed by atoms with Crippen molar-refractivity contribution in [2.24, 2.45) is 39.9 Å². The molecule has 0 amide bonds. The maximum atomic E-state index is 11.9. The van der Waals surface area contributed by atoms with Crippen LogP contribution in [0.1, 0.15) is 87.0 Å². The second-order valence-electron chi connectivity index (χ2n) is 14.0. The van der Waals surface area contributed by atoms with Gasteiger partial charge in [0.2, 0.25) is 0 Å². The van der Waals surface area contributed by atoms with Gasteiger partial charge in [0.15, 0.2) is 0 Å². The van der Waals surface area contributed by atoms with Crippen LogP contribution in [0.15, 0.2) is 23.3 Å². The molecule has 5 aliphatic rings. The van der Waals surface area contributed by atoms with E-state index in [1.54, 1.807) is 5.57 Å². The zero-order valence-corrected chi connectivity index (χ0v) is 21.8. The van der Waals surface area contributed by atoms with Crippen LogP contribution in [-0.4, -0.2) is 45.3 Å². The maximum Gasteiger partial charge on any atom is 0.113 e. The Kier molecular flexibility index (Phi) is 5.40. The van der Waals surface area contributed by atoms with Crippen LogP contribution in [0.2, 0.25) is 0 Å². The molecule has 5 rings (SSSR count). The second-order valence-corrected chi connectivity index (χ2v) is 14.0. The summed E-state index contributed by atoms with van der Waals surface area (Å²) in [7, 11) is 0. The predicted octanol–water partition coefficient (Wildman–Crippen LogP) is 5.02. The van der Waals surface area contributed by atoms with Crippen LogP contribution >= 0.6 is 0 Å². The molecule has 0 aromatic carbocycles. The van der Waals surface area contributed by atoms with Crippen molar-refractivity contribution in [1.82, 2.24) is 0 Å².